The Kier molecular flexibility index (Phi) is 10.8. The molecule has 1 amide bonds. The second-order valence-corrected chi connectivity index (χ2v) is 17.6. The third-order valence-corrected chi connectivity index (χ3v) is 13.7. The average Bonchev–Trinajstić information content (AvgIpc) is 3.91. The molecule has 0 unspecified atom stereocenters. The van der Waals surface area contributed by atoms with E-state index >= 15 is 0 Å². The Balaban J connectivity index is 1.23. The molecule has 0 radical (unpaired) electrons. The predicted octanol–water partition coefficient (Wildman–Crippen LogP) is 9.31. The predicted molar refractivity (Wildman–Crippen MR) is 226 cm³/mol. The zero-order valence-electron chi connectivity index (χ0n) is 31.1. The zero-order chi connectivity index (χ0) is 40.0. The fourth-order valence-corrected chi connectivity index (χ4v) is 10.6. The van der Waals surface area contributed by atoms with E-state index in [0.717, 1.165) is 16.5 Å². The highest BCUT2D eigenvalue weighted by molar-refractivity contribution is 7.89. The van der Waals surface area contributed by atoms with E-state index in [-0.39, 0.29) is 29.1 Å². The molecule has 0 bridgehead atoms. The number of H-pyrrole nitrogens is 1. The summed E-state index contributed by atoms with van der Waals surface area (Å²) in [6, 6.07) is 25.2. The molecule has 1 atom stereocenters. The number of anilines is 2. The van der Waals surface area contributed by atoms with Gasteiger partial charge in [-0.15, -0.1) is 0 Å². The number of carbonyl (C=O) groups is 2. The Morgan fingerprint density at radius 1 is 0.930 bits per heavy atom. The van der Waals surface area contributed by atoms with Crippen molar-refractivity contribution in [3.63, 3.8) is 0 Å². The summed E-state index contributed by atoms with van der Waals surface area (Å²) < 4.78 is 34.1. The smallest absolute Gasteiger partial charge is 0.337 e. The Morgan fingerprint density at radius 3 is 2.37 bits per heavy atom. The number of fused-ring (bicyclic) bond motifs is 1. The molecule has 294 valence electrons. The summed E-state index contributed by atoms with van der Waals surface area (Å²) in [6.45, 7) is 3.65. The Hall–Kier alpha value is -4.85. The Morgan fingerprint density at radius 2 is 1.67 bits per heavy atom. The van der Waals surface area contributed by atoms with Crippen LogP contribution in [0.3, 0.4) is 0 Å². The summed E-state index contributed by atoms with van der Waals surface area (Å²) in [5, 5.41) is 5.35. The van der Waals surface area contributed by atoms with Gasteiger partial charge in [0.1, 0.15) is 5.69 Å². The summed E-state index contributed by atoms with van der Waals surface area (Å²) in [5.41, 5.74) is 5.78. The largest absolute Gasteiger partial charge is 0.465 e. The molecule has 2 aliphatic rings. The van der Waals surface area contributed by atoms with Crippen molar-refractivity contribution in [2.24, 2.45) is 0 Å². The van der Waals surface area contributed by atoms with Gasteiger partial charge in [-0.3, -0.25) is 4.79 Å². The van der Waals surface area contributed by atoms with Gasteiger partial charge in [-0.25, -0.2) is 18.2 Å². The molecule has 2 saturated heterocycles. The zero-order valence-corrected chi connectivity index (χ0v) is 34.2. The molecule has 11 nitrogen and oxygen atoms in total. The summed E-state index contributed by atoms with van der Waals surface area (Å²) in [6.07, 6.45) is 3.64. The number of ether oxygens (including phenoxy) is 1. The van der Waals surface area contributed by atoms with Gasteiger partial charge in [0, 0.05) is 62.8 Å². The molecular weight excluding hydrogens is 807 g/mol. The van der Waals surface area contributed by atoms with E-state index in [1.54, 1.807) is 53.1 Å². The number of piperidine rings is 1. The average molecular weight is 846 g/mol. The minimum Gasteiger partial charge on any atom is -0.465 e. The molecule has 0 saturated carbocycles. The van der Waals surface area contributed by atoms with Crippen LogP contribution < -0.4 is 10.2 Å². The normalized spacial score (nSPS) is 16.5. The first-order valence-corrected chi connectivity index (χ1v) is 21.3. The number of aromatic nitrogens is 3. The number of aromatic amines is 1. The first-order valence-electron chi connectivity index (χ1n) is 18.6. The van der Waals surface area contributed by atoms with Gasteiger partial charge in [0.05, 0.1) is 53.6 Å². The Bertz CT molecular complexity index is 2620. The number of hydrogen-bond donors (Lipinski definition) is 2. The van der Waals surface area contributed by atoms with E-state index in [2.05, 4.69) is 15.2 Å². The number of sulfonamides is 1. The van der Waals surface area contributed by atoms with Gasteiger partial charge in [0.25, 0.3) is 5.91 Å². The van der Waals surface area contributed by atoms with E-state index < -0.39 is 21.9 Å². The van der Waals surface area contributed by atoms with Crippen LogP contribution in [0.5, 0.6) is 0 Å². The molecule has 2 aromatic heterocycles. The number of nitrogens with zero attached hydrogens (tertiary/aromatic N) is 4. The molecule has 2 aliphatic heterocycles. The van der Waals surface area contributed by atoms with E-state index in [1.165, 1.54) is 7.11 Å². The number of amides is 1. The second-order valence-electron chi connectivity index (χ2n) is 14.3. The number of nitrogens with one attached hydrogen (secondary N) is 2. The molecule has 2 N–H and O–H groups in total. The van der Waals surface area contributed by atoms with Crippen LogP contribution in [0.1, 0.15) is 58.6 Å². The van der Waals surface area contributed by atoms with Crippen LogP contribution in [0.2, 0.25) is 15.1 Å². The molecule has 0 aliphatic carbocycles. The molecule has 15 heteroatoms. The quantitative estimate of drug-likeness (QED) is 0.139. The van der Waals surface area contributed by atoms with Crippen molar-refractivity contribution < 1.29 is 22.7 Å². The van der Waals surface area contributed by atoms with Crippen molar-refractivity contribution in [1.29, 1.82) is 0 Å². The lowest BCUT2D eigenvalue weighted by Crippen LogP contribution is -2.45. The fourth-order valence-electron chi connectivity index (χ4n) is 8.09. The van der Waals surface area contributed by atoms with Crippen LogP contribution >= 0.6 is 34.8 Å². The molecule has 2 fully saturated rings. The number of imidazole rings is 1. The lowest BCUT2D eigenvalue weighted by Gasteiger charge is -2.37. The van der Waals surface area contributed by atoms with Crippen LogP contribution in [0.25, 0.3) is 33.4 Å². The van der Waals surface area contributed by atoms with Crippen LogP contribution in [0, 0.1) is 0 Å². The standard InChI is InChI=1S/C42H39Cl3N6O5S/c1-25(31-12-10-28(43)22-33(31)45)50-24-46-38(26-7-4-3-5-8-26)40(50)37-32-13-11-29(44)23-34(32)47-39(37)41(52)48-35-21-27(42(53)56-2)9-14-36(35)49-18-15-30(16-19-49)51-17-6-20-57(51,54)55/h3-5,7-14,21-25,30,47H,6,15-20H2,1-2H3,(H,48,52)/t25-/m0/s1. The van der Waals surface area contributed by atoms with E-state index in [0.29, 0.717) is 87.8 Å². The molecule has 4 aromatic carbocycles. The van der Waals surface area contributed by atoms with Gasteiger partial charge in [0.2, 0.25) is 10.0 Å². The van der Waals surface area contributed by atoms with Gasteiger partial charge in [-0.2, -0.15) is 4.31 Å². The molecule has 8 rings (SSSR count). The van der Waals surface area contributed by atoms with Crippen LogP contribution in [0.15, 0.2) is 91.3 Å². The molecule has 6 aromatic rings. The Labute approximate surface area is 345 Å². The van der Waals surface area contributed by atoms with Crippen molar-refractivity contribution in [1.82, 2.24) is 18.8 Å². The number of esters is 1. The third kappa shape index (κ3) is 7.52. The van der Waals surface area contributed by atoms with Crippen molar-refractivity contribution in [2.45, 2.75) is 38.3 Å². The second kappa shape index (κ2) is 15.8. The third-order valence-electron chi connectivity index (χ3n) is 10.9. The maximum absolute atomic E-state index is 14.9. The van der Waals surface area contributed by atoms with Crippen molar-refractivity contribution in [3.8, 4) is 22.5 Å². The summed E-state index contributed by atoms with van der Waals surface area (Å²) in [7, 11) is -1.95. The van der Waals surface area contributed by atoms with E-state index in [1.807, 2.05) is 54.0 Å². The van der Waals surface area contributed by atoms with Crippen molar-refractivity contribution in [2.75, 3.05) is 42.7 Å². The number of carbonyl (C=O) groups excluding carboxylic acids is 2. The SMILES string of the molecule is COC(=O)c1ccc(N2CCC(N3CCCS3(=O)=O)CC2)c(NC(=O)c2[nH]c3cc(Cl)ccc3c2-c2c(-c3ccccc3)ncn2[C@@H](C)c2ccc(Cl)cc2Cl)c1. The van der Waals surface area contributed by atoms with Crippen LogP contribution in [-0.2, 0) is 14.8 Å². The summed E-state index contributed by atoms with van der Waals surface area (Å²) in [5.74, 6) is -0.841. The highest BCUT2D eigenvalue weighted by Gasteiger charge is 2.37. The molecule has 4 heterocycles. The van der Waals surface area contributed by atoms with Crippen LogP contribution in [-0.4, -0.2) is 77.7 Å². The summed E-state index contributed by atoms with van der Waals surface area (Å²) in [4.78, 5) is 38.1. The summed E-state index contributed by atoms with van der Waals surface area (Å²) >= 11 is 19.6. The number of hydrogen-bond acceptors (Lipinski definition) is 7. The first-order chi connectivity index (χ1) is 27.4. The highest BCUT2D eigenvalue weighted by atomic mass is 35.5. The minimum atomic E-state index is -3.25. The van der Waals surface area contributed by atoms with Crippen molar-refractivity contribution in [3.05, 3.63) is 123 Å². The first kappa shape index (κ1) is 39.0. The molecule has 57 heavy (non-hydrogen) atoms. The topological polar surface area (TPSA) is 130 Å². The van der Waals surface area contributed by atoms with Gasteiger partial charge in [-0.1, -0.05) is 77.3 Å². The number of rotatable bonds is 9. The number of methoxy groups -OCH3 is 1. The minimum absolute atomic E-state index is 0.0873. The lowest BCUT2D eigenvalue weighted by molar-refractivity contribution is 0.0600. The lowest BCUT2D eigenvalue weighted by atomic mass is 9.99. The maximum atomic E-state index is 14.9. The highest BCUT2D eigenvalue weighted by Crippen LogP contribution is 2.43. The number of benzene rings is 4. The molecular formula is C42H39Cl3N6O5S. The monoisotopic (exact) mass is 844 g/mol. The number of halogens is 3. The van der Waals surface area contributed by atoms with E-state index in [9.17, 15) is 18.0 Å². The van der Waals surface area contributed by atoms with Gasteiger partial charge in [-0.05, 0) is 74.2 Å². The fraction of sp³-hybridized carbons (Fsp3) is 0.262. The maximum Gasteiger partial charge on any atom is 0.337 e. The van der Waals surface area contributed by atoms with Gasteiger partial charge >= 0.3 is 5.97 Å². The van der Waals surface area contributed by atoms with Gasteiger partial charge < -0.3 is 24.5 Å². The van der Waals surface area contributed by atoms with Crippen LogP contribution in [0.4, 0.5) is 11.4 Å². The van der Waals surface area contributed by atoms with E-state index in [4.69, 9.17) is 44.5 Å². The van der Waals surface area contributed by atoms with Gasteiger partial charge in [0.15, 0.2) is 0 Å². The van der Waals surface area contributed by atoms with Crippen molar-refractivity contribution >= 4 is 79.0 Å². The molecule has 0 spiro atoms.